The highest BCUT2D eigenvalue weighted by Crippen LogP contribution is 2.28. The summed E-state index contributed by atoms with van der Waals surface area (Å²) in [7, 11) is 0. The first kappa shape index (κ1) is 21.1. The Morgan fingerprint density at radius 1 is 1.21 bits per heavy atom. The molecule has 0 aliphatic carbocycles. The number of carbonyl (C=O) groups is 2. The zero-order valence-corrected chi connectivity index (χ0v) is 18.5. The van der Waals surface area contributed by atoms with Crippen molar-refractivity contribution in [1.82, 2.24) is 9.97 Å². The number of nitrogens with zero attached hydrogens (tertiary/aromatic N) is 3. The van der Waals surface area contributed by atoms with E-state index in [9.17, 15) is 9.59 Å². The topological polar surface area (TPSA) is 72.4 Å². The number of hydrogen-bond acceptors (Lipinski definition) is 6. The lowest BCUT2D eigenvalue weighted by Gasteiger charge is -2.20. The molecule has 2 heterocycles. The van der Waals surface area contributed by atoms with Crippen LogP contribution in [-0.2, 0) is 11.2 Å². The minimum Gasteiger partial charge on any atom is -0.461 e. The molecule has 150 valence electrons. The Bertz CT molecular complexity index is 1010. The van der Waals surface area contributed by atoms with Crippen molar-refractivity contribution in [2.75, 3.05) is 18.1 Å². The van der Waals surface area contributed by atoms with Gasteiger partial charge in [0, 0.05) is 28.3 Å². The molecule has 6 nitrogen and oxygen atoms in total. The van der Waals surface area contributed by atoms with E-state index in [0.717, 1.165) is 5.56 Å². The summed E-state index contributed by atoms with van der Waals surface area (Å²) in [6.45, 7) is 4.24. The zero-order valence-electron chi connectivity index (χ0n) is 16.1. The summed E-state index contributed by atoms with van der Waals surface area (Å²) in [5.41, 5.74) is 1.80. The van der Waals surface area contributed by atoms with Crippen molar-refractivity contribution in [2.45, 2.75) is 20.3 Å². The molecule has 1 aromatic carbocycles. The van der Waals surface area contributed by atoms with Crippen LogP contribution < -0.4 is 4.90 Å². The molecule has 0 bridgehead atoms. The third kappa shape index (κ3) is 5.27. The minimum absolute atomic E-state index is 0.223. The van der Waals surface area contributed by atoms with E-state index in [1.54, 1.807) is 31.0 Å². The van der Waals surface area contributed by atoms with Gasteiger partial charge in [0.25, 0.3) is 5.91 Å². The maximum absolute atomic E-state index is 13.3. The molecular weight excluding hydrogens is 454 g/mol. The summed E-state index contributed by atoms with van der Waals surface area (Å²) in [5, 5.41) is 0.464. The second-order valence-corrected chi connectivity index (χ2v) is 8.30. The van der Waals surface area contributed by atoms with Gasteiger partial charge >= 0.3 is 5.97 Å². The van der Waals surface area contributed by atoms with E-state index in [1.165, 1.54) is 17.5 Å². The molecule has 3 rings (SSSR count). The SMILES string of the molecule is CCOC(=O)c1nc(N(CCc2ccccc2)C(=O)c2cncc(Br)c2)sc1C. The van der Waals surface area contributed by atoms with Crippen LogP contribution in [0.4, 0.5) is 5.13 Å². The van der Waals surface area contributed by atoms with E-state index in [0.29, 0.717) is 33.0 Å². The fraction of sp³-hybridized carbons (Fsp3) is 0.238. The number of aromatic nitrogens is 2. The second kappa shape index (κ2) is 9.76. The first-order chi connectivity index (χ1) is 14.0. The van der Waals surface area contributed by atoms with Gasteiger partial charge in [-0.3, -0.25) is 14.7 Å². The van der Waals surface area contributed by atoms with Gasteiger partial charge in [0.1, 0.15) is 0 Å². The molecule has 8 heteroatoms. The Morgan fingerprint density at radius 3 is 2.66 bits per heavy atom. The van der Waals surface area contributed by atoms with Gasteiger partial charge in [-0.15, -0.1) is 11.3 Å². The van der Waals surface area contributed by atoms with Crippen LogP contribution in [0.15, 0.2) is 53.3 Å². The molecule has 0 aliphatic heterocycles. The Labute approximate surface area is 181 Å². The van der Waals surface area contributed by atoms with Crippen molar-refractivity contribution >= 4 is 44.3 Å². The highest BCUT2D eigenvalue weighted by molar-refractivity contribution is 9.10. The molecule has 3 aromatic rings. The summed E-state index contributed by atoms with van der Waals surface area (Å²) in [6.07, 6.45) is 3.80. The van der Waals surface area contributed by atoms with Crippen LogP contribution in [0, 0.1) is 6.92 Å². The number of halogens is 1. The van der Waals surface area contributed by atoms with E-state index in [-0.39, 0.29) is 18.2 Å². The number of carbonyl (C=O) groups excluding carboxylic acids is 2. The first-order valence-electron chi connectivity index (χ1n) is 9.10. The lowest BCUT2D eigenvalue weighted by atomic mass is 10.1. The lowest BCUT2D eigenvalue weighted by molar-refractivity contribution is 0.0519. The summed E-state index contributed by atoms with van der Waals surface area (Å²) in [5.74, 6) is -0.703. The van der Waals surface area contributed by atoms with Gasteiger partial charge in [-0.2, -0.15) is 0 Å². The van der Waals surface area contributed by atoms with E-state index in [4.69, 9.17) is 4.74 Å². The fourth-order valence-electron chi connectivity index (χ4n) is 2.74. The Morgan fingerprint density at radius 2 is 1.97 bits per heavy atom. The van der Waals surface area contributed by atoms with Gasteiger partial charge in [0.2, 0.25) is 0 Å². The number of pyridine rings is 1. The van der Waals surface area contributed by atoms with E-state index in [1.807, 2.05) is 30.3 Å². The van der Waals surface area contributed by atoms with Gasteiger partial charge in [-0.25, -0.2) is 9.78 Å². The second-order valence-electron chi connectivity index (χ2n) is 6.21. The largest absolute Gasteiger partial charge is 0.461 e. The number of hydrogen-bond donors (Lipinski definition) is 0. The van der Waals surface area contributed by atoms with Crippen LogP contribution in [0.2, 0.25) is 0 Å². The van der Waals surface area contributed by atoms with Crippen LogP contribution in [0.25, 0.3) is 0 Å². The van der Waals surface area contributed by atoms with Gasteiger partial charge in [0.15, 0.2) is 10.8 Å². The molecule has 2 aromatic heterocycles. The molecular formula is C21H20BrN3O3S. The van der Waals surface area contributed by atoms with E-state index >= 15 is 0 Å². The molecule has 0 saturated heterocycles. The number of aryl methyl sites for hydroxylation is 1. The molecule has 0 atom stereocenters. The number of anilines is 1. The number of ether oxygens (including phenoxy) is 1. The predicted molar refractivity (Wildman–Crippen MR) is 117 cm³/mol. The van der Waals surface area contributed by atoms with Crippen molar-refractivity contribution in [3.8, 4) is 0 Å². The van der Waals surface area contributed by atoms with Crippen LogP contribution in [-0.4, -0.2) is 35.0 Å². The lowest BCUT2D eigenvalue weighted by Crippen LogP contribution is -2.33. The van der Waals surface area contributed by atoms with Crippen molar-refractivity contribution in [3.05, 3.63) is 75.0 Å². The van der Waals surface area contributed by atoms with Crippen LogP contribution >= 0.6 is 27.3 Å². The molecule has 29 heavy (non-hydrogen) atoms. The molecule has 0 radical (unpaired) electrons. The van der Waals surface area contributed by atoms with Crippen LogP contribution in [0.5, 0.6) is 0 Å². The number of rotatable bonds is 7. The fourth-order valence-corrected chi connectivity index (χ4v) is 4.03. The van der Waals surface area contributed by atoms with Gasteiger partial charge in [-0.1, -0.05) is 30.3 Å². The normalized spacial score (nSPS) is 10.6. The van der Waals surface area contributed by atoms with Crippen molar-refractivity contribution in [2.24, 2.45) is 0 Å². The zero-order chi connectivity index (χ0) is 20.8. The average Bonchev–Trinajstić information content (AvgIpc) is 3.10. The van der Waals surface area contributed by atoms with Crippen LogP contribution in [0.1, 0.15) is 38.2 Å². The van der Waals surface area contributed by atoms with Crippen molar-refractivity contribution in [1.29, 1.82) is 0 Å². The molecule has 0 spiro atoms. The van der Waals surface area contributed by atoms with Gasteiger partial charge < -0.3 is 4.74 Å². The average molecular weight is 474 g/mol. The third-order valence-electron chi connectivity index (χ3n) is 4.15. The molecule has 0 N–H and O–H groups in total. The third-order valence-corrected chi connectivity index (χ3v) is 5.58. The standard InChI is InChI=1S/C21H20BrN3O3S/c1-3-28-20(27)18-14(2)29-21(24-18)25(10-9-15-7-5-4-6-8-15)19(26)16-11-17(22)13-23-12-16/h4-8,11-13H,3,9-10H2,1-2H3. The number of thiazole rings is 1. The number of esters is 1. The van der Waals surface area contributed by atoms with E-state index < -0.39 is 5.97 Å². The highest BCUT2D eigenvalue weighted by Gasteiger charge is 2.25. The molecule has 0 fully saturated rings. The summed E-state index contributed by atoms with van der Waals surface area (Å²) in [6, 6.07) is 11.6. The van der Waals surface area contributed by atoms with Gasteiger partial charge in [0.05, 0.1) is 12.2 Å². The maximum Gasteiger partial charge on any atom is 0.358 e. The molecule has 0 saturated carbocycles. The molecule has 0 unspecified atom stereocenters. The molecule has 0 aliphatic rings. The number of benzene rings is 1. The first-order valence-corrected chi connectivity index (χ1v) is 10.7. The Kier molecular flexibility index (Phi) is 7.11. The minimum atomic E-state index is -0.480. The smallest absolute Gasteiger partial charge is 0.358 e. The Balaban J connectivity index is 1.93. The summed E-state index contributed by atoms with van der Waals surface area (Å²) < 4.78 is 5.79. The summed E-state index contributed by atoms with van der Waals surface area (Å²) in [4.78, 5) is 36.2. The van der Waals surface area contributed by atoms with Crippen molar-refractivity contribution in [3.63, 3.8) is 0 Å². The quantitative estimate of drug-likeness (QED) is 0.466. The summed E-state index contributed by atoms with van der Waals surface area (Å²) >= 11 is 4.66. The Hall–Kier alpha value is -2.58. The highest BCUT2D eigenvalue weighted by atomic mass is 79.9. The van der Waals surface area contributed by atoms with E-state index in [2.05, 4.69) is 25.9 Å². The predicted octanol–water partition coefficient (Wildman–Crippen LogP) is 4.68. The maximum atomic E-state index is 13.3. The number of amides is 1. The molecule has 1 amide bonds. The monoisotopic (exact) mass is 473 g/mol. The van der Waals surface area contributed by atoms with Crippen LogP contribution in [0.3, 0.4) is 0 Å². The van der Waals surface area contributed by atoms with Gasteiger partial charge in [-0.05, 0) is 47.8 Å². The van der Waals surface area contributed by atoms with Crippen molar-refractivity contribution < 1.29 is 14.3 Å².